The Kier molecular flexibility index (Phi) is 9.55. The normalized spacial score (nSPS) is 14.8. The Morgan fingerprint density at radius 2 is 0.870 bits per heavy atom. The number of benzene rings is 4. The van der Waals surface area contributed by atoms with Crippen LogP contribution >= 0.6 is 0 Å². The number of carbonyl (C=O) groups excluding carboxylic acids is 1. The lowest BCUT2D eigenvalue weighted by atomic mass is 9.73. The summed E-state index contributed by atoms with van der Waals surface area (Å²) in [7, 11) is 0. The van der Waals surface area contributed by atoms with Crippen LogP contribution in [0.1, 0.15) is 105 Å². The lowest BCUT2D eigenvalue weighted by Crippen LogP contribution is -2.44. The maximum Gasteiger partial charge on any atom is 0.338 e. The van der Waals surface area contributed by atoms with Gasteiger partial charge in [0, 0.05) is 0 Å². The molecular weight excluding hydrogens is 684 g/mol. The minimum Gasteiger partial charge on any atom is -0.478 e. The molecule has 7 aromatic rings. The van der Waals surface area contributed by atoms with Crippen molar-refractivity contribution in [2.75, 3.05) is 0 Å². The molecule has 12 nitrogen and oxygen atoms in total. The number of fused-ring (bicyclic) bond motifs is 9. The lowest BCUT2D eigenvalue weighted by molar-refractivity contribution is -0.0743. The van der Waals surface area contributed by atoms with Gasteiger partial charge in [-0.25, -0.2) is 44.3 Å². The molecule has 7 rings (SSSR count). The zero-order valence-electron chi connectivity index (χ0n) is 31.2. The third kappa shape index (κ3) is 6.50. The Bertz CT molecular complexity index is 2650. The van der Waals surface area contributed by atoms with E-state index in [9.17, 15) is 24.6 Å². The van der Waals surface area contributed by atoms with Gasteiger partial charge in [0.25, 0.3) is 0 Å². The van der Waals surface area contributed by atoms with E-state index in [0.717, 1.165) is 32.1 Å². The Balaban J connectivity index is 1.45. The average Bonchev–Trinajstić information content (AvgIpc) is 3.17. The highest BCUT2D eigenvalue weighted by atomic mass is 16.6. The number of carboxylic acids is 2. The van der Waals surface area contributed by atoms with Gasteiger partial charge in [0.05, 0.1) is 49.8 Å². The monoisotopic (exact) mass is 726 g/mol. The van der Waals surface area contributed by atoms with Gasteiger partial charge in [0.15, 0.2) is 0 Å². The van der Waals surface area contributed by atoms with Gasteiger partial charge in [0.2, 0.25) is 0 Å². The largest absolute Gasteiger partial charge is 0.478 e. The molecular formula is C42H42N6O6. The molecule has 0 saturated heterocycles. The van der Waals surface area contributed by atoms with Crippen molar-refractivity contribution >= 4 is 84.1 Å². The van der Waals surface area contributed by atoms with Crippen LogP contribution in [0.2, 0.25) is 0 Å². The van der Waals surface area contributed by atoms with E-state index in [1.54, 1.807) is 30.3 Å². The highest BCUT2D eigenvalue weighted by Crippen LogP contribution is 2.40. The minimum absolute atomic E-state index is 0.0519. The molecule has 0 fully saturated rings. The second-order valence-electron chi connectivity index (χ2n) is 14.7. The van der Waals surface area contributed by atoms with Crippen molar-refractivity contribution in [3.63, 3.8) is 0 Å². The molecule has 0 amide bonds. The second-order valence-corrected chi connectivity index (χ2v) is 14.7. The number of nitrogens with zero attached hydrogens (tertiary/aromatic N) is 6. The Morgan fingerprint density at radius 3 is 1.20 bits per heavy atom. The van der Waals surface area contributed by atoms with Crippen LogP contribution in [0.5, 0.6) is 0 Å². The molecule has 276 valence electrons. The van der Waals surface area contributed by atoms with Crippen LogP contribution < -0.4 is 0 Å². The molecule has 3 aromatic heterocycles. The number of aromatic carboxylic acids is 2. The minimum atomic E-state index is -1.10. The highest BCUT2D eigenvalue weighted by molar-refractivity contribution is 6.21. The molecule has 3 atom stereocenters. The molecule has 0 radical (unpaired) electrons. The van der Waals surface area contributed by atoms with Crippen LogP contribution in [-0.2, 0) is 4.74 Å². The number of hydrogen-bond donors (Lipinski definition) is 2. The molecule has 54 heavy (non-hydrogen) atoms. The van der Waals surface area contributed by atoms with E-state index in [-0.39, 0.29) is 17.0 Å². The Hall–Kier alpha value is -5.91. The van der Waals surface area contributed by atoms with Crippen molar-refractivity contribution in [3.8, 4) is 0 Å². The van der Waals surface area contributed by atoms with Crippen LogP contribution in [0.3, 0.4) is 0 Å². The number of hydrogen-bond acceptors (Lipinski definition) is 10. The lowest BCUT2D eigenvalue weighted by Gasteiger charge is -2.42. The molecule has 0 bridgehead atoms. The number of aromatic nitrogens is 6. The number of carboxylic acid groups (broad SMARTS) is 2. The van der Waals surface area contributed by atoms with Gasteiger partial charge in [-0.3, -0.25) is 0 Å². The van der Waals surface area contributed by atoms with Crippen LogP contribution in [0.25, 0.3) is 66.2 Å². The fourth-order valence-corrected chi connectivity index (χ4v) is 7.30. The van der Waals surface area contributed by atoms with E-state index in [2.05, 4.69) is 41.5 Å². The first-order valence-electron chi connectivity index (χ1n) is 18.5. The molecule has 0 spiro atoms. The van der Waals surface area contributed by atoms with Gasteiger partial charge in [0.1, 0.15) is 38.7 Å². The summed E-state index contributed by atoms with van der Waals surface area (Å²) in [6.45, 7) is 13.0. The molecule has 0 aliphatic rings. The molecule has 3 unspecified atom stereocenters. The smallest absolute Gasteiger partial charge is 0.338 e. The van der Waals surface area contributed by atoms with E-state index >= 15 is 0 Å². The summed E-state index contributed by atoms with van der Waals surface area (Å²) in [6.07, 6.45) is 4.37. The van der Waals surface area contributed by atoms with Crippen molar-refractivity contribution in [2.24, 2.45) is 17.8 Å². The van der Waals surface area contributed by atoms with Crippen molar-refractivity contribution in [1.29, 1.82) is 0 Å². The van der Waals surface area contributed by atoms with Crippen molar-refractivity contribution in [1.82, 2.24) is 29.9 Å². The van der Waals surface area contributed by atoms with Crippen LogP contribution in [0, 0.1) is 17.8 Å². The zero-order chi connectivity index (χ0) is 38.5. The quantitative estimate of drug-likeness (QED) is 0.0694. The summed E-state index contributed by atoms with van der Waals surface area (Å²) >= 11 is 0. The first kappa shape index (κ1) is 36.4. The first-order valence-corrected chi connectivity index (χ1v) is 18.5. The fourth-order valence-electron chi connectivity index (χ4n) is 7.30. The Labute approximate surface area is 311 Å². The van der Waals surface area contributed by atoms with E-state index in [4.69, 9.17) is 34.6 Å². The number of ether oxygens (including phenoxy) is 1. The predicted octanol–water partition coefficient (Wildman–Crippen LogP) is 9.19. The standard InChI is InChI=1S/C42H42N6O6/c1-7-21(4)19-42(23(6)9-3,20-22(5)8-2)54-41(53)26-12-15-29-32(18-26)48-38-35(45-29)36-33(43-27-13-10-24(39(49)50)16-30(27)46-36)34-37(38)47-31-17-25(40(51)52)11-14-28(31)44-34/h10-18,21-23H,7-9,19-20H2,1-6H3,(H,49,50)(H,51,52). The molecule has 2 N–H and O–H groups in total. The van der Waals surface area contributed by atoms with Gasteiger partial charge < -0.3 is 14.9 Å². The number of esters is 1. The molecule has 0 aliphatic heterocycles. The van der Waals surface area contributed by atoms with Gasteiger partial charge in [-0.2, -0.15) is 0 Å². The number of carbonyl (C=O) groups is 3. The third-order valence-electron chi connectivity index (χ3n) is 11.0. The summed E-state index contributed by atoms with van der Waals surface area (Å²) in [5, 5.41) is 19.3. The van der Waals surface area contributed by atoms with Gasteiger partial charge in [-0.05, 0) is 91.6 Å². The van der Waals surface area contributed by atoms with Crippen molar-refractivity contribution in [2.45, 2.75) is 79.2 Å². The van der Waals surface area contributed by atoms with E-state index in [1.807, 2.05) is 0 Å². The third-order valence-corrected chi connectivity index (χ3v) is 11.0. The predicted molar refractivity (Wildman–Crippen MR) is 208 cm³/mol. The van der Waals surface area contributed by atoms with Crippen LogP contribution in [-0.4, -0.2) is 63.6 Å². The maximum absolute atomic E-state index is 14.1. The van der Waals surface area contributed by atoms with Gasteiger partial charge in [-0.1, -0.05) is 54.4 Å². The molecule has 12 heteroatoms. The summed E-state index contributed by atoms with van der Waals surface area (Å²) in [5.74, 6) is -1.74. The summed E-state index contributed by atoms with van der Waals surface area (Å²) in [5.41, 5.74) is 4.36. The van der Waals surface area contributed by atoms with E-state index in [0.29, 0.717) is 83.6 Å². The van der Waals surface area contributed by atoms with Crippen molar-refractivity contribution < 1.29 is 29.3 Å². The molecule has 4 aromatic carbocycles. The van der Waals surface area contributed by atoms with Crippen molar-refractivity contribution in [3.05, 3.63) is 71.3 Å². The number of rotatable bonds is 12. The molecule has 0 aliphatic carbocycles. The molecule has 3 heterocycles. The van der Waals surface area contributed by atoms with E-state index in [1.165, 1.54) is 24.3 Å². The highest BCUT2D eigenvalue weighted by Gasteiger charge is 2.41. The average molecular weight is 727 g/mol. The summed E-state index contributed by atoms with van der Waals surface area (Å²) < 4.78 is 6.61. The summed E-state index contributed by atoms with van der Waals surface area (Å²) in [6, 6.07) is 14.1. The topological polar surface area (TPSA) is 178 Å². The SMILES string of the molecule is CCC(C)CC(CC(C)CC)(OC(=O)c1ccc2nc3c4nc5cc(C(=O)O)ccc5nc4c4nc5ccc(C(=O)O)cc5nc4c3nc2c1)C(C)CC. The molecule has 0 saturated carbocycles. The van der Waals surface area contributed by atoms with Gasteiger partial charge >= 0.3 is 17.9 Å². The van der Waals surface area contributed by atoms with Crippen LogP contribution in [0.4, 0.5) is 0 Å². The van der Waals surface area contributed by atoms with E-state index < -0.39 is 23.5 Å². The fraction of sp³-hybridized carbons (Fsp3) is 0.357. The summed E-state index contributed by atoms with van der Waals surface area (Å²) in [4.78, 5) is 67.2. The second kappa shape index (κ2) is 14.1. The van der Waals surface area contributed by atoms with Gasteiger partial charge in [-0.15, -0.1) is 0 Å². The zero-order valence-corrected chi connectivity index (χ0v) is 31.2. The first-order chi connectivity index (χ1) is 25.8. The van der Waals surface area contributed by atoms with Crippen LogP contribution in [0.15, 0.2) is 54.6 Å². The Morgan fingerprint density at radius 1 is 0.537 bits per heavy atom. The maximum atomic E-state index is 14.1.